The van der Waals surface area contributed by atoms with E-state index in [0.29, 0.717) is 21.6 Å². The second-order valence-corrected chi connectivity index (χ2v) is 26.0. The molecule has 6 heterocycles. The van der Waals surface area contributed by atoms with Gasteiger partial charge < -0.3 is 93.2 Å². The van der Waals surface area contributed by atoms with Gasteiger partial charge >= 0.3 is 0 Å². The van der Waals surface area contributed by atoms with E-state index in [1.54, 1.807) is 18.3 Å². The highest BCUT2D eigenvalue weighted by atomic mass is 32.1. The van der Waals surface area contributed by atoms with Gasteiger partial charge in [-0.2, -0.15) is 0 Å². The Balaban J connectivity index is 0.943. The quantitative estimate of drug-likeness (QED) is 0.0528. The fourth-order valence-corrected chi connectivity index (χ4v) is 13.8. The lowest BCUT2D eigenvalue weighted by molar-refractivity contribution is -0.147. The number of phenolic OH excluding ortho intramolecular Hbond substituents is 1. The number of carbonyl (C=O) groups excluding carboxylic acids is 7. The number of β-amino-alcohol motifs (C(OH)–C–C–N with tert-alkyl or cyclic N) is 1. The summed E-state index contributed by atoms with van der Waals surface area (Å²) in [7, 11) is 0. The lowest BCUT2D eigenvalue weighted by Crippen LogP contribution is -2.64. The molecule has 506 valence electrons. The van der Waals surface area contributed by atoms with Gasteiger partial charge in [0.05, 0.1) is 36.6 Å². The summed E-state index contributed by atoms with van der Waals surface area (Å²) in [4.78, 5) is 113. The van der Waals surface area contributed by atoms with Gasteiger partial charge in [-0.05, 0) is 93.5 Å². The van der Waals surface area contributed by atoms with E-state index < -0.39 is 152 Å². The molecule has 0 spiro atoms. The molecule has 7 amide bonds. The van der Waals surface area contributed by atoms with Crippen LogP contribution in [0.5, 0.6) is 11.5 Å². The zero-order valence-corrected chi connectivity index (χ0v) is 53.3. The standard InChI is InChI=1S/C63H88N14O15S/c1-4-35-5-13-40(14-6-35)74-20-22-75(23-21-74)49-16-12-39(29-66-49)61-73-72-60(93-61)38-10-8-37(9-11-38)55(85)68-43-27-41(79)30-67-59(89)53-54(84)33(2)31-77(53)63(91)52(46(82)17-18-64)71-58(88)51(47(83)25-36-7-15-45(81)48(26-36)92-24-19-65)70-57(87)44-28-42(80)32-76(44)62(90)50(34(3)78)69-56(43)86/h7-12,15-16,26,29,33-35,40-44,46-47,50-54,78-84H,4-6,13-14,17-25,27-28,30-32,64-65H2,1-3H3,(H,67,89)(H,68,85)(H,69,86)(H,70,87)(H,71,88)/t33-,34+,35?,40?,41+,42+,43?,44-,46+,47+,50-,51-,52-,53-,54-/m0/s1. The van der Waals surface area contributed by atoms with Gasteiger partial charge in [-0.25, -0.2) is 4.98 Å². The third kappa shape index (κ3) is 16.9. The van der Waals surface area contributed by atoms with Gasteiger partial charge in [0, 0.05) is 106 Å². The number of ether oxygens (including phenoxy) is 1. The molecule has 2 aromatic carbocycles. The molecule has 4 aromatic rings. The third-order valence-corrected chi connectivity index (χ3v) is 19.4. The average Bonchev–Trinajstić information content (AvgIpc) is 1.72. The first-order chi connectivity index (χ1) is 44.5. The average molecular weight is 1310 g/mol. The molecule has 1 saturated carbocycles. The van der Waals surface area contributed by atoms with Gasteiger partial charge in [-0.15, -0.1) is 10.2 Å². The Morgan fingerprint density at radius 2 is 1.42 bits per heavy atom. The van der Waals surface area contributed by atoms with Gasteiger partial charge in [-0.1, -0.05) is 49.8 Å². The SMILES string of the molecule is CCC1CCC(N2CCN(c3ccc(-c4nnc(-c5ccc(C(=O)NC6C[C@@H](O)CNC(=O)[C@@H]7[C@@H](O)[C@@H](C)CN7C(=O)[C@H]([C@H](O)CCN)NC(=O)[C@H]([C@H](O)Cc7ccc(O)c(OCCN)c7)NC(=O)[C@@H]7C[C@@H](O)CN7C(=O)[C@H]([C@@H](C)O)NC6=O)cc5)s4)cn3)CC2)CC1. The molecule has 1 aliphatic carbocycles. The molecular formula is C63H88N14O15S. The molecule has 9 rings (SSSR count). The molecule has 0 radical (unpaired) electrons. The number of benzene rings is 2. The Morgan fingerprint density at radius 3 is 2.08 bits per heavy atom. The monoisotopic (exact) mass is 1310 g/mol. The predicted octanol–water partition coefficient (Wildman–Crippen LogP) is -2.30. The molecule has 16 N–H and O–H groups in total. The highest BCUT2D eigenvalue weighted by molar-refractivity contribution is 7.17. The molecule has 0 bridgehead atoms. The Labute approximate surface area is 542 Å². The van der Waals surface area contributed by atoms with E-state index in [0.717, 1.165) is 60.2 Å². The highest BCUT2D eigenvalue weighted by Crippen LogP contribution is 2.34. The van der Waals surface area contributed by atoms with Crippen LogP contribution in [0.4, 0.5) is 5.82 Å². The Kier molecular flexibility index (Phi) is 23.7. The summed E-state index contributed by atoms with van der Waals surface area (Å²) >= 11 is 1.32. The number of aliphatic hydroxyl groups excluding tert-OH is 6. The fraction of sp³-hybridized carbons (Fsp3) is 0.587. The normalized spacial score (nSPS) is 28.4. The number of rotatable bonds is 17. The first-order valence-electron chi connectivity index (χ1n) is 32.0. The molecule has 13 atom stereocenters. The number of carbonyl (C=O) groups is 7. The number of nitrogens with one attached hydrogen (secondary N) is 5. The van der Waals surface area contributed by atoms with E-state index >= 15 is 0 Å². The summed E-state index contributed by atoms with van der Waals surface area (Å²) in [6.07, 6.45) is -3.65. The highest BCUT2D eigenvalue weighted by Gasteiger charge is 2.50. The molecular weight excluding hydrogens is 1220 g/mol. The maximum Gasteiger partial charge on any atom is 0.251 e. The molecule has 1 unspecified atom stereocenters. The van der Waals surface area contributed by atoms with Crippen LogP contribution in [0.25, 0.3) is 21.1 Å². The van der Waals surface area contributed by atoms with Crippen molar-refractivity contribution in [1.82, 2.24) is 56.5 Å². The smallest absolute Gasteiger partial charge is 0.251 e. The summed E-state index contributed by atoms with van der Waals surface area (Å²) in [5.41, 5.74) is 13.1. The predicted molar refractivity (Wildman–Crippen MR) is 340 cm³/mol. The number of nitrogens with two attached hydrogens (primary N) is 2. The second kappa shape index (κ2) is 31.6. The zero-order chi connectivity index (χ0) is 66.8. The summed E-state index contributed by atoms with van der Waals surface area (Å²) in [6.45, 7) is 7.16. The maximum absolute atomic E-state index is 14.7. The van der Waals surface area contributed by atoms with Crippen LogP contribution in [0.15, 0.2) is 60.8 Å². The summed E-state index contributed by atoms with van der Waals surface area (Å²) < 4.78 is 5.52. The van der Waals surface area contributed by atoms with Crippen molar-refractivity contribution in [3.8, 4) is 32.6 Å². The molecule has 93 heavy (non-hydrogen) atoms. The van der Waals surface area contributed by atoms with Crippen LogP contribution in [-0.2, 0) is 35.2 Å². The van der Waals surface area contributed by atoms with Crippen molar-refractivity contribution in [2.24, 2.45) is 23.3 Å². The number of piperazine rings is 1. The minimum Gasteiger partial charge on any atom is -0.504 e. The van der Waals surface area contributed by atoms with Crippen molar-refractivity contribution in [2.75, 3.05) is 70.4 Å². The lowest BCUT2D eigenvalue weighted by atomic mass is 9.84. The van der Waals surface area contributed by atoms with Crippen molar-refractivity contribution in [3.63, 3.8) is 0 Å². The number of anilines is 1. The van der Waals surface area contributed by atoms with Crippen LogP contribution in [0.1, 0.15) is 88.1 Å². The van der Waals surface area contributed by atoms with Crippen LogP contribution < -0.4 is 47.7 Å². The zero-order valence-electron chi connectivity index (χ0n) is 52.5. The molecule has 30 heteroatoms. The van der Waals surface area contributed by atoms with E-state index in [2.05, 4.69) is 53.5 Å². The first-order valence-corrected chi connectivity index (χ1v) is 32.8. The summed E-state index contributed by atoms with van der Waals surface area (Å²) in [5.74, 6) is -6.89. The molecule has 29 nitrogen and oxygen atoms in total. The van der Waals surface area contributed by atoms with Gasteiger partial charge in [0.1, 0.15) is 58.7 Å². The Bertz CT molecular complexity index is 3240. The minimum absolute atomic E-state index is 0.00423. The molecule has 4 aliphatic heterocycles. The minimum atomic E-state index is -2.04. The van der Waals surface area contributed by atoms with Gasteiger partial charge in [0.15, 0.2) is 11.5 Å². The molecule has 4 saturated heterocycles. The van der Waals surface area contributed by atoms with Gasteiger partial charge in [0.2, 0.25) is 35.4 Å². The van der Waals surface area contributed by atoms with Crippen molar-refractivity contribution in [2.45, 2.75) is 157 Å². The number of amides is 7. The van der Waals surface area contributed by atoms with Crippen molar-refractivity contribution in [1.29, 1.82) is 0 Å². The van der Waals surface area contributed by atoms with Crippen LogP contribution in [0.2, 0.25) is 0 Å². The lowest BCUT2D eigenvalue weighted by Gasteiger charge is -2.42. The molecule has 5 aliphatic rings. The summed E-state index contributed by atoms with van der Waals surface area (Å²) in [5, 5.41) is 101. The third-order valence-electron chi connectivity index (χ3n) is 18.4. The number of hydrogen-bond acceptors (Lipinski definition) is 23. The van der Waals surface area contributed by atoms with E-state index in [4.69, 9.17) is 21.2 Å². The second-order valence-electron chi connectivity index (χ2n) is 25.0. The molecule has 2 aromatic heterocycles. The van der Waals surface area contributed by atoms with Crippen LogP contribution in [0, 0.1) is 11.8 Å². The number of pyridine rings is 1. The Morgan fingerprint density at radius 1 is 0.753 bits per heavy atom. The van der Waals surface area contributed by atoms with Crippen molar-refractivity contribution in [3.05, 3.63) is 71.9 Å². The van der Waals surface area contributed by atoms with Crippen LogP contribution in [0.3, 0.4) is 0 Å². The van der Waals surface area contributed by atoms with Crippen LogP contribution >= 0.6 is 11.3 Å². The van der Waals surface area contributed by atoms with E-state index in [9.17, 15) is 69.3 Å². The largest absolute Gasteiger partial charge is 0.504 e. The first kappa shape index (κ1) is 69.8. The number of fused-ring (bicyclic) bond motifs is 2. The number of aromatic hydroxyl groups is 1. The fourth-order valence-electron chi connectivity index (χ4n) is 13.0. The van der Waals surface area contributed by atoms with E-state index in [1.807, 2.05) is 12.1 Å². The van der Waals surface area contributed by atoms with E-state index in [1.165, 1.54) is 80.7 Å². The van der Waals surface area contributed by atoms with Crippen LogP contribution in [-0.4, -0.2) is 251 Å². The van der Waals surface area contributed by atoms with Gasteiger partial charge in [-0.3, -0.25) is 38.5 Å². The van der Waals surface area contributed by atoms with Crippen molar-refractivity contribution >= 4 is 58.5 Å². The number of aliphatic hydroxyl groups is 6. The maximum atomic E-state index is 14.7. The summed E-state index contributed by atoms with van der Waals surface area (Å²) in [6, 6.07) is 3.87. The number of hydrogen-bond donors (Lipinski definition) is 14. The van der Waals surface area contributed by atoms with Crippen molar-refractivity contribution < 1.29 is 74.0 Å². The van der Waals surface area contributed by atoms with E-state index in [-0.39, 0.29) is 55.3 Å². The van der Waals surface area contributed by atoms with Gasteiger partial charge in [0.25, 0.3) is 5.91 Å². The Hall–Kier alpha value is -7.52. The number of nitrogens with zero attached hydrogens (tertiary/aromatic N) is 7. The number of aromatic nitrogens is 3. The molecule has 5 fully saturated rings. The number of phenols is 1. The topological polar surface area (TPSA) is 434 Å².